The fraction of sp³-hybridized carbons (Fsp3) is 1.00. The predicted molar refractivity (Wildman–Crippen MR) is 43.0 cm³/mol. The van der Waals surface area contributed by atoms with Crippen molar-refractivity contribution in [3.63, 3.8) is 0 Å². The Labute approximate surface area is 67.3 Å². The van der Waals surface area contributed by atoms with Gasteiger partial charge in [-0.15, -0.1) is 0 Å². The van der Waals surface area contributed by atoms with Crippen LogP contribution in [0.15, 0.2) is 0 Å². The van der Waals surface area contributed by atoms with Crippen molar-refractivity contribution in [1.29, 1.82) is 0 Å². The minimum atomic E-state index is 0.689. The smallest absolute Gasteiger partial charge is 0.0937 e. The fourth-order valence-electron chi connectivity index (χ4n) is 2.75. The van der Waals surface area contributed by atoms with Crippen LogP contribution in [0.1, 0.15) is 13.8 Å². The van der Waals surface area contributed by atoms with Gasteiger partial charge < -0.3 is 0 Å². The monoisotopic (exact) mass is 153 g/mol. The summed E-state index contributed by atoms with van der Waals surface area (Å²) < 4.78 is 0. The molecule has 3 heteroatoms. The number of fused-ring (bicyclic) bond motifs is 1. The summed E-state index contributed by atoms with van der Waals surface area (Å²) in [6.45, 7) is 7.12. The Morgan fingerprint density at radius 1 is 1.27 bits per heavy atom. The van der Waals surface area contributed by atoms with Gasteiger partial charge in [0.25, 0.3) is 0 Å². The second-order valence-corrected chi connectivity index (χ2v) is 4.18. The molecule has 5 unspecified atom stereocenters. The average molecular weight is 153 g/mol. The lowest BCUT2D eigenvalue weighted by atomic mass is 10.2. The summed E-state index contributed by atoms with van der Waals surface area (Å²) in [6, 6.07) is 1.47. The molecule has 0 amide bonds. The highest BCUT2D eigenvalue weighted by molar-refractivity contribution is 5.12. The average Bonchev–Trinajstić information content (AvgIpc) is 2.50. The van der Waals surface area contributed by atoms with E-state index in [9.17, 15) is 0 Å². The lowest BCUT2D eigenvalue weighted by Gasteiger charge is -2.30. The summed E-state index contributed by atoms with van der Waals surface area (Å²) in [5.41, 5.74) is 0. The van der Waals surface area contributed by atoms with Crippen LogP contribution in [0, 0.1) is 0 Å². The van der Waals surface area contributed by atoms with Gasteiger partial charge in [-0.05, 0) is 13.8 Å². The van der Waals surface area contributed by atoms with E-state index in [0.29, 0.717) is 12.2 Å². The molecule has 0 aliphatic carbocycles. The topological polar surface area (TPSA) is 18.3 Å². The Hall–Kier alpha value is -0.120. The van der Waals surface area contributed by atoms with Crippen molar-refractivity contribution in [2.24, 2.45) is 0 Å². The van der Waals surface area contributed by atoms with Crippen molar-refractivity contribution in [2.75, 3.05) is 13.1 Å². The molecule has 3 aliphatic heterocycles. The Morgan fingerprint density at radius 3 is 2.82 bits per heavy atom. The molecule has 3 aliphatic rings. The van der Waals surface area contributed by atoms with Crippen LogP contribution in [0.25, 0.3) is 0 Å². The first kappa shape index (κ1) is 6.40. The van der Waals surface area contributed by atoms with E-state index in [1.807, 2.05) is 0 Å². The second-order valence-electron chi connectivity index (χ2n) is 4.18. The highest BCUT2D eigenvalue weighted by Crippen LogP contribution is 2.40. The number of rotatable bonds is 0. The molecule has 0 saturated carbocycles. The first-order valence-electron chi connectivity index (χ1n) is 4.55. The number of nitrogens with one attached hydrogen (secondary N) is 1. The van der Waals surface area contributed by atoms with Crippen LogP contribution >= 0.6 is 0 Å². The van der Waals surface area contributed by atoms with Crippen LogP contribution < -0.4 is 5.32 Å². The number of piperazine rings is 2. The lowest BCUT2D eigenvalue weighted by molar-refractivity contribution is 0.203. The van der Waals surface area contributed by atoms with Crippen molar-refractivity contribution in [1.82, 2.24) is 15.1 Å². The van der Waals surface area contributed by atoms with Gasteiger partial charge in [0, 0.05) is 25.2 Å². The molecule has 0 aromatic heterocycles. The van der Waals surface area contributed by atoms with Gasteiger partial charge in [0.2, 0.25) is 0 Å². The van der Waals surface area contributed by atoms with E-state index in [4.69, 9.17) is 0 Å². The summed E-state index contributed by atoms with van der Waals surface area (Å²) in [4.78, 5) is 5.18. The SMILES string of the molecule is CC1CN2CC(C)N3C(N1)C23. The summed E-state index contributed by atoms with van der Waals surface area (Å²) in [5.74, 6) is 0. The van der Waals surface area contributed by atoms with Crippen molar-refractivity contribution >= 4 is 0 Å². The largest absolute Gasteiger partial charge is 0.295 e. The minimum Gasteiger partial charge on any atom is -0.295 e. The van der Waals surface area contributed by atoms with Gasteiger partial charge in [-0.1, -0.05) is 0 Å². The van der Waals surface area contributed by atoms with Gasteiger partial charge in [0.1, 0.15) is 0 Å². The Balaban J connectivity index is 1.84. The van der Waals surface area contributed by atoms with E-state index in [-0.39, 0.29) is 0 Å². The molecule has 3 heterocycles. The van der Waals surface area contributed by atoms with E-state index in [1.54, 1.807) is 0 Å². The molecule has 0 aromatic rings. The summed E-state index contributed by atoms with van der Waals surface area (Å²) in [7, 11) is 0. The first-order chi connectivity index (χ1) is 5.27. The zero-order chi connectivity index (χ0) is 7.59. The number of hydrogen-bond donors (Lipinski definition) is 1. The van der Waals surface area contributed by atoms with Crippen LogP contribution in [-0.2, 0) is 0 Å². The zero-order valence-electron chi connectivity index (χ0n) is 7.12. The zero-order valence-corrected chi connectivity index (χ0v) is 7.12. The minimum absolute atomic E-state index is 0.689. The molecule has 0 radical (unpaired) electrons. The predicted octanol–water partition coefficient (Wildman–Crippen LogP) is -0.350. The Morgan fingerprint density at radius 2 is 2.09 bits per heavy atom. The summed E-state index contributed by atoms with van der Waals surface area (Å²) in [5, 5.41) is 3.60. The molecule has 3 rings (SSSR count). The van der Waals surface area contributed by atoms with Crippen molar-refractivity contribution in [3.05, 3.63) is 0 Å². The van der Waals surface area contributed by atoms with E-state index in [2.05, 4.69) is 29.0 Å². The van der Waals surface area contributed by atoms with E-state index in [1.165, 1.54) is 13.1 Å². The number of hydrogen-bond acceptors (Lipinski definition) is 3. The summed E-state index contributed by atoms with van der Waals surface area (Å²) >= 11 is 0. The molecule has 1 N–H and O–H groups in total. The molecule has 5 atom stereocenters. The van der Waals surface area contributed by atoms with Crippen molar-refractivity contribution < 1.29 is 0 Å². The normalized spacial score (nSPS) is 61.1. The van der Waals surface area contributed by atoms with Crippen LogP contribution in [0.5, 0.6) is 0 Å². The Kier molecular flexibility index (Phi) is 1.04. The highest BCUT2D eigenvalue weighted by atomic mass is 15.6. The molecule has 3 nitrogen and oxygen atoms in total. The molecule has 11 heavy (non-hydrogen) atoms. The maximum atomic E-state index is 3.60. The highest BCUT2D eigenvalue weighted by Gasteiger charge is 2.61. The van der Waals surface area contributed by atoms with E-state index < -0.39 is 0 Å². The van der Waals surface area contributed by atoms with Crippen LogP contribution in [0.4, 0.5) is 0 Å². The van der Waals surface area contributed by atoms with Gasteiger partial charge in [0.15, 0.2) is 0 Å². The lowest BCUT2D eigenvalue weighted by Crippen LogP contribution is -2.51. The van der Waals surface area contributed by atoms with Gasteiger partial charge in [-0.3, -0.25) is 15.1 Å². The molecule has 0 spiro atoms. The standard InChI is InChI=1S/C8H15N3/c1-5-3-10-4-6(2)11-7(9-5)8(10)11/h5-9H,3-4H2,1-2H3. The summed E-state index contributed by atoms with van der Waals surface area (Å²) in [6.07, 6.45) is 1.46. The molecule has 0 aromatic carbocycles. The maximum Gasteiger partial charge on any atom is 0.0937 e. The van der Waals surface area contributed by atoms with Crippen LogP contribution in [0.3, 0.4) is 0 Å². The van der Waals surface area contributed by atoms with Gasteiger partial charge in [-0.2, -0.15) is 0 Å². The van der Waals surface area contributed by atoms with Crippen LogP contribution in [0.2, 0.25) is 0 Å². The van der Waals surface area contributed by atoms with Gasteiger partial charge in [0.05, 0.1) is 12.3 Å². The first-order valence-corrected chi connectivity index (χ1v) is 4.55. The van der Waals surface area contributed by atoms with Crippen molar-refractivity contribution in [3.8, 4) is 0 Å². The molecule has 3 fully saturated rings. The van der Waals surface area contributed by atoms with Gasteiger partial charge >= 0.3 is 0 Å². The Bertz CT molecular complexity index is 190. The quantitative estimate of drug-likeness (QED) is 0.480. The molecule has 0 bridgehead atoms. The van der Waals surface area contributed by atoms with E-state index in [0.717, 1.165) is 12.2 Å². The van der Waals surface area contributed by atoms with Gasteiger partial charge in [-0.25, -0.2) is 0 Å². The molecule has 62 valence electrons. The third-order valence-electron chi connectivity index (χ3n) is 3.16. The maximum absolute atomic E-state index is 3.60. The fourth-order valence-corrected chi connectivity index (χ4v) is 2.75. The number of nitrogens with zero attached hydrogens (tertiary/aromatic N) is 2. The second kappa shape index (κ2) is 1.79. The molecular weight excluding hydrogens is 138 g/mol. The third kappa shape index (κ3) is 0.687. The van der Waals surface area contributed by atoms with E-state index >= 15 is 0 Å². The van der Waals surface area contributed by atoms with Crippen molar-refractivity contribution in [2.45, 2.75) is 38.3 Å². The molecular formula is C8H15N3. The van der Waals surface area contributed by atoms with Crippen LogP contribution in [-0.4, -0.2) is 47.3 Å². The molecule has 3 saturated heterocycles. The third-order valence-corrected chi connectivity index (χ3v) is 3.16.